The summed E-state index contributed by atoms with van der Waals surface area (Å²) in [7, 11) is -3.80. The van der Waals surface area contributed by atoms with E-state index in [9.17, 15) is 8.42 Å². The average Bonchev–Trinajstić information content (AvgIpc) is 2.32. The maximum atomic E-state index is 12.1. The molecule has 0 aliphatic carbocycles. The van der Waals surface area contributed by atoms with Gasteiger partial charge in [0.2, 0.25) is 0 Å². The SMILES string of the molecule is Cc1ccc(OS(=O)(=O)c2ccccc2C)cn1. The van der Waals surface area contributed by atoms with E-state index < -0.39 is 10.1 Å². The second-order valence-electron chi connectivity index (χ2n) is 3.94. The third kappa shape index (κ3) is 2.68. The van der Waals surface area contributed by atoms with Crippen molar-refractivity contribution >= 4 is 10.1 Å². The van der Waals surface area contributed by atoms with Crippen molar-refractivity contribution in [3.63, 3.8) is 0 Å². The zero-order valence-electron chi connectivity index (χ0n) is 10.1. The molecule has 0 radical (unpaired) electrons. The Morgan fingerprint density at radius 3 is 2.39 bits per heavy atom. The zero-order chi connectivity index (χ0) is 13.2. The van der Waals surface area contributed by atoms with Gasteiger partial charge in [0.05, 0.1) is 6.20 Å². The minimum Gasteiger partial charge on any atom is -0.377 e. The van der Waals surface area contributed by atoms with Crippen LogP contribution in [0.3, 0.4) is 0 Å². The Hall–Kier alpha value is -1.88. The van der Waals surface area contributed by atoms with Gasteiger partial charge in [-0.2, -0.15) is 8.42 Å². The second-order valence-corrected chi connectivity index (χ2v) is 5.45. The fraction of sp³-hybridized carbons (Fsp3) is 0.154. The smallest absolute Gasteiger partial charge is 0.339 e. The van der Waals surface area contributed by atoms with Crippen LogP contribution >= 0.6 is 0 Å². The molecule has 2 aromatic rings. The molecule has 1 heterocycles. The van der Waals surface area contributed by atoms with Gasteiger partial charge in [0.1, 0.15) is 4.90 Å². The van der Waals surface area contributed by atoms with Crippen LogP contribution in [0.2, 0.25) is 0 Å². The Morgan fingerprint density at radius 1 is 1.06 bits per heavy atom. The molecule has 0 atom stereocenters. The maximum Gasteiger partial charge on any atom is 0.339 e. The van der Waals surface area contributed by atoms with Gasteiger partial charge in [0.15, 0.2) is 5.75 Å². The van der Waals surface area contributed by atoms with Gasteiger partial charge in [-0.3, -0.25) is 4.98 Å². The van der Waals surface area contributed by atoms with Crippen molar-refractivity contribution < 1.29 is 12.6 Å². The number of aromatic nitrogens is 1. The third-order valence-corrected chi connectivity index (χ3v) is 3.86. The highest BCUT2D eigenvalue weighted by Crippen LogP contribution is 2.20. The first-order valence-electron chi connectivity index (χ1n) is 5.42. The molecule has 0 N–H and O–H groups in total. The first kappa shape index (κ1) is 12.6. The first-order chi connectivity index (χ1) is 8.49. The van der Waals surface area contributed by atoms with Crippen LogP contribution in [-0.2, 0) is 10.1 Å². The summed E-state index contributed by atoms with van der Waals surface area (Å²) in [6.45, 7) is 3.54. The van der Waals surface area contributed by atoms with Gasteiger partial charge in [-0.1, -0.05) is 18.2 Å². The topological polar surface area (TPSA) is 56.3 Å². The van der Waals surface area contributed by atoms with Crippen LogP contribution in [0, 0.1) is 13.8 Å². The van der Waals surface area contributed by atoms with Crippen LogP contribution in [0.5, 0.6) is 5.75 Å². The maximum absolute atomic E-state index is 12.1. The van der Waals surface area contributed by atoms with Crippen molar-refractivity contribution in [1.82, 2.24) is 4.98 Å². The lowest BCUT2D eigenvalue weighted by Gasteiger charge is -2.08. The number of hydrogen-bond acceptors (Lipinski definition) is 4. The summed E-state index contributed by atoms with van der Waals surface area (Å²) in [5, 5.41) is 0. The van der Waals surface area contributed by atoms with E-state index in [2.05, 4.69) is 4.98 Å². The first-order valence-corrected chi connectivity index (χ1v) is 6.83. The Bertz CT molecular complexity index is 648. The van der Waals surface area contributed by atoms with E-state index in [-0.39, 0.29) is 10.6 Å². The standard InChI is InChI=1S/C13H13NO3S/c1-10-5-3-4-6-13(10)18(15,16)17-12-8-7-11(2)14-9-12/h3-9H,1-2H3. The van der Waals surface area contributed by atoms with Crippen molar-refractivity contribution in [1.29, 1.82) is 0 Å². The average molecular weight is 263 g/mol. The van der Waals surface area contributed by atoms with Crippen molar-refractivity contribution in [2.45, 2.75) is 18.7 Å². The van der Waals surface area contributed by atoms with Gasteiger partial charge >= 0.3 is 10.1 Å². The van der Waals surface area contributed by atoms with Crippen molar-refractivity contribution in [3.8, 4) is 5.75 Å². The number of benzene rings is 1. The molecule has 0 amide bonds. The second kappa shape index (κ2) is 4.78. The summed E-state index contributed by atoms with van der Waals surface area (Å²) in [4.78, 5) is 4.16. The molecule has 0 aliphatic heterocycles. The summed E-state index contributed by atoms with van der Waals surface area (Å²) in [5.74, 6) is 0.212. The summed E-state index contributed by atoms with van der Waals surface area (Å²) >= 11 is 0. The van der Waals surface area contributed by atoms with Gasteiger partial charge in [0, 0.05) is 5.69 Å². The zero-order valence-corrected chi connectivity index (χ0v) is 10.9. The minimum absolute atomic E-state index is 0.172. The summed E-state index contributed by atoms with van der Waals surface area (Å²) in [6, 6.07) is 9.97. The monoisotopic (exact) mass is 263 g/mol. The van der Waals surface area contributed by atoms with Crippen LogP contribution in [0.15, 0.2) is 47.5 Å². The van der Waals surface area contributed by atoms with Gasteiger partial charge in [-0.25, -0.2) is 0 Å². The molecule has 1 aromatic heterocycles. The van der Waals surface area contributed by atoms with Crippen LogP contribution in [-0.4, -0.2) is 13.4 Å². The Balaban J connectivity index is 2.33. The van der Waals surface area contributed by atoms with Crippen LogP contribution in [0.25, 0.3) is 0 Å². The van der Waals surface area contributed by atoms with Crippen molar-refractivity contribution in [2.24, 2.45) is 0 Å². The molecule has 18 heavy (non-hydrogen) atoms. The predicted molar refractivity (Wildman–Crippen MR) is 68.0 cm³/mol. The molecule has 0 spiro atoms. The minimum atomic E-state index is -3.80. The molecule has 2 rings (SSSR count). The molecule has 0 saturated carbocycles. The van der Waals surface area contributed by atoms with Crippen molar-refractivity contribution in [3.05, 3.63) is 53.9 Å². The molecule has 0 unspecified atom stereocenters. The molecule has 1 aromatic carbocycles. The highest BCUT2D eigenvalue weighted by Gasteiger charge is 2.18. The van der Waals surface area contributed by atoms with Crippen LogP contribution in [0.1, 0.15) is 11.3 Å². The summed E-state index contributed by atoms with van der Waals surface area (Å²) in [6.07, 6.45) is 1.39. The lowest BCUT2D eigenvalue weighted by atomic mass is 10.2. The molecule has 0 saturated heterocycles. The Morgan fingerprint density at radius 2 is 1.78 bits per heavy atom. The number of aryl methyl sites for hydroxylation is 2. The highest BCUT2D eigenvalue weighted by atomic mass is 32.2. The summed E-state index contributed by atoms with van der Waals surface area (Å²) in [5.41, 5.74) is 1.45. The van der Waals surface area contributed by atoms with Gasteiger partial charge in [-0.15, -0.1) is 0 Å². The third-order valence-electron chi connectivity index (χ3n) is 2.45. The normalized spacial score (nSPS) is 11.2. The van der Waals surface area contributed by atoms with E-state index in [1.807, 2.05) is 6.92 Å². The predicted octanol–water partition coefficient (Wildman–Crippen LogP) is 2.47. The van der Waals surface area contributed by atoms with E-state index in [0.29, 0.717) is 5.56 Å². The molecular weight excluding hydrogens is 250 g/mol. The molecular formula is C13H13NO3S. The number of hydrogen-bond donors (Lipinski definition) is 0. The van der Waals surface area contributed by atoms with E-state index >= 15 is 0 Å². The lowest BCUT2D eigenvalue weighted by molar-refractivity contribution is 0.484. The molecule has 94 valence electrons. The highest BCUT2D eigenvalue weighted by molar-refractivity contribution is 7.87. The van der Waals surface area contributed by atoms with Crippen molar-refractivity contribution in [2.75, 3.05) is 0 Å². The molecule has 0 aliphatic rings. The summed E-state index contributed by atoms with van der Waals surface area (Å²) < 4.78 is 29.1. The van der Waals surface area contributed by atoms with Crippen LogP contribution < -0.4 is 4.18 Å². The van der Waals surface area contributed by atoms with E-state index in [4.69, 9.17) is 4.18 Å². The number of pyridine rings is 1. The molecule has 0 fully saturated rings. The Labute approximate surface area is 106 Å². The van der Waals surface area contributed by atoms with Crippen LogP contribution in [0.4, 0.5) is 0 Å². The number of rotatable bonds is 3. The fourth-order valence-corrected chi connectivity index (χ4v) is 2.66. The largest absolute Gasteiger partial charge is 0.377 e. The van der Waals surface area contributed by atoms with Gasteiger partial charge < -0.3 is 4.18 Å². The fourth-order valence-electron chi connectivity index (χ4n) is 1.51. The quantitative estimate of drug-likeness (QED) is 0.798. The Kier molecular flexibility index (Phi) is 3.34. The molecule has 5 heteroatoms. The van der Waals surface area contributed by atoms with E-state index in [1.165, 1.54) is 12.3 Å². The van der Waals surface area contributed by atoms with Gasteiger partial charge in [-0.05, 0) is 37.6 Å². The van der Waals surface area contributed by atoms with E-state index in [1.54, 1.807) is 37.3 Å². The van der Waals surface area contributed by atoms with Gasteiger partial charge in [0.25, 0.3) is 0 Å². The number of nitrogens with zero attached hydrogens (tertiary/aromatic N) is 1. The van der Waals surface area contributed by atoms with E-state index in [0.717, 1.165) is 5.69 Å². The lowest BCUT2D eigenvalue weighted by Crippen LogP contribution is -2.11. The molecule has 0 bridgehead atoms. The molecule has 4 nitrogen and oxygen atoms in total.